The zero-order valence-corrected chi connectivity index (χ0v) is 17.7. The molecule has 6 nitrogen and oxygen atoms in total. The summed E-state index contributed by atoms with van der Waals surface area (Å²) in [5, 5.41) is 9.20. The van der Waals surface area contributed by atoms with Crippen LogP contribution in [0, 0.1) is 13.8 Å². The van der Waals surface area contributed by atoms with E-state index in [-0.39, 0.29) is 11.8 Å². The van der Waals surface area contributed by atoms with Gasteiger partial charge in [0.25, 0.3) is 5.91 Å². The van der Waals surface area contributed by atoms with E-state index in [9.17, 15) is 18.0 Å². The number of carbonyl (C=O) groups is 1. The van der Waals surface area contributed by atoms with E-state index in [1.165, 1.54) is 10.5 Å². The van der Waals surface area contributed by atoms with Crippen LogP contribution in [0.2, 0.25) is 0 Å². The van der Waals surface area contributed by atoms with Crippen LogP contribution >= 0.6 is 0 Å². The molecular formula is C23H22F3N5O. The normalized spacial score (nSPS) is 17.4. The Labute approximate surface area is 182 Å². The van der Waals surface area contributed by atoms with E-state index >= 15 is 0 Å². The molecular weight excluding hydrogens is 419 g/mol. The number of H-pyrrole nitrogens is 1. The smallest absolute Gasteiger partial charge is 0.351 e. The van der Waals surface area contributed by atoms with Crippen molar-refractivity contribution >= 4 is 22.5 Å². The van der Waals surface area contributed by atoms with E-state index in [4.69, 9.17) is 0 Å². The predicted molar refractivity (Wildman–Crippen MR) is 114 cm³/mol. The van der Waals surface area contributed by atoms with E-state index in [1.54, 1.807) is 4.90 Å². The highest BCUT2D eigenvalue weighted by molar-refractivity contribution is 5.99. The average molecular weight is 441 g/mol. The van der Waals surface area contributed by atoms with E-state index < -0.39 is 11.7 Å². The molecule has 1 aliphatic heterocycles. The number of carbonyl (C=O) groups excluding carboxylic acids is 1. The number of rotatable bonds is 2. The average Bonchev–Trinajstić information content (AvgIpc) is 3.36. The van der Waals surface area contributed by atoms with Crippen molar-refractivity contribution < 1.29 is 18.0 Å². The third-order valence-electron chi connectivity index (χ3n) is 6.15. The fourth-order valence-electron chi connectivity index (χ4n) is 4.61. The number of aryl methyl sites for hydroxylation is 2. The first-order valence-corrected chi connectivity index (χ1v) is 10.5. The number of hydrogen-bond donors (Lipinski definition) is 1. The molecule has 9 heteroatoms. The van der Waals surface area contributed by atoms with Gasteiger partial charge in [-0.25, -0.2) is 0 Å². The van der Waals surface area contributed by atoms with Gasteiger partial charge in [-0.3, -0.25) is 9.20 Å². The van der Waals surface area contributed by atoms with Gasteiger partial charge in [0.1, 0.15) is 11.5 Å². The number of fused-ring (bicyclic) bond motifs is 2. The Morgan fingerprint density at radius 2 is 1.97 bits per heavy atom. The van der Waals surface area contributed by atoms with E-state index in [2.05, 4.69) is 21.2 Å². The fraction of sp³-hybridized carbons (Fsp3) is 0.348. The molecule has 1 amide bonds. The van der Waals surface area contributed by atoms with Gasteiger partial charge in [0.05, 0.1) is 5.56 Å². The lowest BCUT2D eigenvalue weighted by molar-refractivity contribution is -0.137. The second kappa shape index (κ2) is 7.36. The summed E-state index contributed by atoms with van der Waals surface area (Å²) in [6.07, 6.45) is -1.95. The molecule has 1 aromatic carbocycles. The van der Waals surface area contributed by atoms with Crippen LogP contribution in [0.15, 0.2) is 36.5 Å². The summed E-state index contributed by atoms with van der Waals surface area (Å²) in [5.41, 5.74) is 3.26. The molecule has 1 saturated heterocycles. The van der Waals surface area contributed by atoms with Gasteiger partial charge in [-0.2, -0.15) is 13.2 Å². The Hall–Kier alpha value is -3.36. The highest BCUT2D eigenvalue weighted by Crippen LogP contribution is 2.32. The maximum absolute atomic E-state index is 13.2. The lowest BCUT2D eigenvalue weighted by Crippen LogP contribution is -2.39. The predicted octanol–water partition coefficient (Wildman–Crippen LogP) is 4.87. The first-order chi connectivity index (χ1) is 15.2. The van der Waals surface area contributed by atoms with E-state index in [0.717, 1.165) is 47.1 Å². The van der Waals surface area contributed by atoms with Gasteiger partial charge in [-0.15, -0.1) is 10.2 Å². The lowest BCUT2D eigenvalue weighted by Gasteiger charge is -2.31. The second-order valence-electron chi connectivity index (χ2n) is 8.52. The monoisotopic (exact) mass is 441 g/mol. The van der Waals surface area contributed by atoms with Crippen LogP contribution in [0.3, 0.4) is 0 Å². The quantitative estimate of drug-likeness (QED) is 0.483. The molecule has 0 aliphatic carbocycles. The number of aromatic amines is 1. The Balaban J connectivity index is 1.43. The summed E-state index contributed by atoms with van der Waals surface area (Å²) in [6, 6.07) is 8.29. The highest BCUT2D eigenvalue weighted by Gasteiger charge is 2.33. The zero-order valence-electron chi connectivity index (χ0n) is 17.7. The summed E-state index contributed by atoms with van der Waals surface area (Å²) in [4.78, 5) is 18.2. The molecule has 1 atom stereocenters. The number of nitrogens with zero attached hydrogens (tertiary/aromatic N) is 4. The maximum atomic E-state index is 13.2. The molecule has 1 aliphatic rings. The molecule has 0 radical (unpaired) electrons. The number of benzene rings is 1. The van der Waals surface area contributed by atoms with Crippen molar-refractivity contribution in [1.82, 2.24) is 24.5 Å². The molecule has 0 bridgehead atoms. The summed E-state index contributed by atoms with van der Waals surface area (Å²) in [5.74, 6) is 0.138. The van der Waals surface area contributed by atoms with Crippen LogP contribution in [-0.2, 0) is 6.18 Å². The Morgan fingerprint density at radius 3 is 2.75 bits per heavy atom. The number of nitrogens with one attached hydrogen (secondary N) is 1. The number of piperidine rings is 1. The van der Waals surface area contributed by atoms with Gasteiger partial charge in [-0.05, 0) is 62.1 Å². The summed E-state index contributed by atoms with van der Waals surface area (Å²) < 4.78 is 40.9. The van der Waals surface area contributed by atoms with Crippen LogP contribution < -0.4 is 0 Å². The molecule has 0 spiro atoms. The standard InChI is InChI=1S/C23H22F3N5O/c1-13-8-14(2)17-10-19(27-18(17)9-13)22(32)30-7-3-4-15(11-30)21-29-28-20-6-5-16(12-31(20)21)23(24,25)26/h5-6,8-10,12,15,27H,3-4,7,11H2,1-2H3. The Morgan fingerprint density at radius 1 is 1.16 bits per heavy atom. The van der Waals surface area contributed by atoms with Gasteiger partial charge in [-0.1, -0.05) is 6.07 Å². The van der Waals surface area contributed by atoms with Gasteiger partial charge in [0.2, 0.25) is 0 Å². The minimum Gasteiger partial charge on any atom is -0.351 e. The molecule has 3 aromatic heterocycles. The topological polar surface area (TPSA) is 66.3 Å². The van der Waals surface area contributed by atoms with Gasteiger partial charge in [0.15, 0.2) is 5.65 Å². The summed E-state index contributed by atoms with van der Waals surface area (Å²) >= 11 is 0. The number of likely N-dealkylation sites (tertiary alicyclic amines) is 1. The van der Waals surface area contributed by atoms with Crippen molar-refractivity contribution in [2.75, 3.05) is 13.1 Å². The van der Waals surface area contributed by atoms with Crippen LogP contribution in [0.4, 0.5) is 13.2 Å². The van der Waals surface area contributed by atoms with Crippen molar-refractivity contribution in [3.8, 4) is 0 Å². The molecule has 32 heavy (non-hydrogen) atoms. The third-order valence-corrected chi connectivity index (χ3v) is 6.15. The minimum absolute atomic E-state index is 0.118. The van der Waals surface area contributed by atoms with Crippen LogP contribution in [0.5, 0.6) is 0 Å². The van der Waals surface area contributed by atoms with Crippen molar-refractivity contribution in [3.05, 3.63) is 64.7 Å². The van der Waals surface area contributed by atoms with Crippen LogP contribution in [0.1, 0.15) is 51.8 Å². The number of pyridine rings is 1. The molecule has 1 unspecified atom stereocenters. The van der Waals surface area contributed by atoms with E-state index in [0.29, 0.717) is 30.3 Å². The highest BCUT2D eigenvalue weighted by atomic mass is 19.4. The van der Waals surface area contributed by atoms with Gasteiger partial charge in [0, 0.05) is 36.1 Å². The Kier molecular flexibility index (Phi) is 4.72. The number of aromatic nitrogens is 4. The molecule has 5 rings (SSSR count). The van der Waals surface area contributed by atoms with Crippen molar-refractivity contribution in [3.63, 3.8) is 0 Å². The fourth-order valence-corrected chi connectivity index (χ4v) is 4.61. The largest absolute Gasteiger partial charge is 0.417 e. The lowest BCUT2D eigenvalue weighted by atomic mass is 9.97. The van der Waals surface area contributed by atoms with Crippen LogP contribution in [0.25, 0.3) is 16.6 Å². The van der Waals surface area contributed by atoms with E-state index in [1.807, 2.05) is 26.0 Å². The minimum atomic E-state index is -4.45. The maximum Gasteiger partial charge on any atom is 0.417 e. The molecule has 4 heterocycles. The molecule has 0 saturated carbocycles. The number of hydrogen-bond acceptors (Lipinski definition) is 3. The van der Waals surface area contributed by atoms with Crippen molar-refractivity contribution in [1.29, 1.82) is 0 Å². The molecule has 166 valence electrons. The second-order valence-corrected chi connectivity index (χ2v) is 8.52. The summed E-state index contributed by atoms with van der Waals surface area (Å²) in [6.45, 7) is 4.99. The van der Waals surface area contributed by atoms with Gasteiger partial charge < -0.3 is 9.88 Å². The molecule has 4 aromatic rings. The number of amides is 1. The zero-order chi connectivity index (χ0) is 22.6. The SMILES string of the molecule is Cc1cc(C)c2cc(C(=O)N3CCCC(c4nnc5ccc(C(F)(F)F)cn45)C3)[nH]c2c1. The van der Waals surface area contributed by atoms with Crippen molar-refractivity contribution in [2.45, 2.75) is 38.8 Å². The molecule has 1 N–H and O–H groups in total. The van der Waals surface area contributed by atoms with Crippen molar-refractivity contribution in [2.24, 2.45) is 0 Å². The third kappa shape index (κ3) is 3.51. The van der Waals surface area contributed by atoms with Gasteiger partial charge >= 0.3 is 6.18 Å². The first-order valence-electron chi connectivity index (χ1n) is 10.5. The molecule has 1 fully saturated rings. The van der Waals surface area contributed by atoms with Crippen LogP contribution in [-0.4, -0.2) is 43.5 Å². The number of halogens is 3. The number of alkyl halides is 3. The Bertz CT molecular complexity index is 1340. The first kappa shape index (κ1) is 20.5. The summed E-state index contributed by atoms with van der Waals surface area (Å²) in [7, 11) is 0.